The molecule has 29 heavy (non-hydrogen) atoms. The molecule has 1 aromatic carbocycles. The van der Waals surface area contributed by atoms with Crippen LogP contribution in [-0.2, 0) is 16.1 Å². The maximum Gasteiger partial charge on any atom is 0.194 e. The van der Waals surface area contributed by atoms with Crippen LogP contribution in [0.1, 0.15) is 39.2 Å². The molecular formula is C23H36IN3O2. The Bertz CT molecular complexity index is 682. The molecule has 2 aliphatic heterocycles. The molecule has 1 aromatic rings. The van der Waals surface area contributed by atoms with Crippen LogP contribution in [0, 0.1) is 17.3 Å². The van der Waals surface area contributed by atoms with Gasteiger partial charge in [-0.25, -0.2) is 0 Å². The van der Waals surface area contributed by atoms with Gasteiger partial charge in [-0.2, -0.15) is 0 Å². The van der Waals surface area contributed by atoms with Gasteiger partial charge in [-0.1, -0.05) is 44.2 Å². The van der Waals surface area contributed by atoms with Gasteiger partial charge < -0.3 is 19.7 Å². The highest BCUT2D eigenvalue weighted by Gasteiger charge is 2.59. The highest BCUT2D eigenvalue weighted by Crippen LogP contribution is 2.52. The first kappa shape index (κ1) is 22.8. The van der Waals surface area contributed by atoms with Crippen LogP contribution in [0.4, 0.5) is 0 Å². The van der Waals surface area contributed by atoms with Gasteiger partial charge in [0.25, 0.3) is 0 Å². The van der Waals surface area contributed by atoms with E-state index in [1.807, 2.05) is 6.07 Å². The molecule has 2 heterocycles. The Labute approximate surface area is 192 Å². The Morgan fingerprint density at radius 2 is 2.07 bits per heavy atom. The largest absolute Gasteiger partial charge is 0.377 e. The van der Waals surface area contributed by atoms with Gasteiger partial charge in [0, 0.05) is 49.5 Å². The number of nitrogens with zero attached hydrogens (tertiary/aromatic N) is 2. The number of hydrogen-bond donors (Lipinski definition) is 1. The van der Waals surface area contributed by atoms with Crippen LogP contribution in [0.5, 0.6) is 0 Å². The fourth-order valence-electron chi connectivity index (χ4n) is 5.22. The Balaban J connectivity index is 0.00000240. The minimum atomic E-state index is 0. The van der Waals surface area contributed by atoms with E-state index in [9.17, 15) is 0 Å². The predicted octanol–water partition coefficient (Wildman–Crippen LogP) is 3.92. The van der Waals surface area contributed by atoms with Gasteiger partial charge in [0.2, 0.25) is 0 Å². The van der Waals surface area contributed by atoms with Crippen molar-refractivity contribution in [3.05, 3.63) is 35.9 Å². The summed E-state index contributed by atoms with van der Waals surface area (Å²) in [4.78, 5) is 7.25. The van der Waals surface area contributed by atoms with Crippen molar-refractivity contribution in [2.75, 3.05) is 32.8 Å². The molecule has 5 nitrogen and oxygen atoms in total. The van der Waals surface area contributed by atoms with Gasteiger partial charge in [-0.05, 0) is 25.3 Å². The maximum atomic E-state index is 5.99. The Morgan fingerprint density at radius 1 is 1.28 bits per heavy atom. The summed E-state index contributed by atoms with van der Waals surface area (Å²) in [5.41, 5.74) is 1.42. The fourth-order valence-corrected chi connectivity index (χ4v) is 5.22. The lowest BCUT2D eigenvalue weighted by molar-refractivity contribution is -0.107. The van der Waals surface area contributed by atoms with E-state index in [2.05, 4.69) is 55.3 Å². The first-order chi connectivity index (χ1) is 13.6. The molecule has 0 radical (unpaired) electrons. The van der Waals surface area contributed by atoms with Crippen LogP contribution in [-0.4, -0.2) is 55.9 Å². The normalized spacial score (nSPS) is 30.4. The molecule has 3 aliphatic rings. The van der Waals surface area contributed by atoms with Crippen molar-refractivity contribution in [2.24, 2.45) is 22.2 Å². The first-order valence-electron chi connectivity index (χ1n) is 10.9. The molecule has 1 saturated carbocycles. The number of hydrogen-bond acceptors (Lipinski definition) is 3. The molecule has 4 rings (SSSR count). The molecule has 0 aromatic heterocycles. The quantitative estimate of drug-likeness (QED) is 0.356. The zero-order chi connectivity index (χ0) is 19.6. The van der Waals surface area contributed by atoms with Crippen molar-refractivity contribution in [1.29, 1.82) is 0 Å². The number of benzene rings is 1. The number of likely N-dealkylation sites (tertiary alicyclic amines) is 1. The molecule has 0 spiro atoms. The molecule has 0 bridgehead atoms. The zero-order valence-electron chi connectivity index (χ0n) is 18.0. The van der Waals surface area contributed by atoms with Crippen molar-refractivity contribution in [3.63, 3.8) is 0 Å². The summed E-state index contributed by atoms with van der Waals surface area (Å²) in [5, 5.41) is 3.82. The fraction of sp³-hybridized carbons (Fsp3) is 0.696. The van der Waals surface area contributed by atoms with E-state index >= 15 is 0 Å². The van der Waals surface area contributed by atoms with Crippen LogP contribution in [0.25, 0.3) is 0 Å². The maximum absolute atomic E-state index is 5.99. The lowest BCUT2D eigenvalue weighted by Crippen LogP contribution is -2.68. The summed E-state index contributed by atoms with van der Waals surface area (Å²) in [5.74, 6) is 2.28. The molecule has 4 atom stereocenters. The summed E-state index contributed by atoms with van der Waals surface area (Å²) in [6.07, 6.45) is 2.74. The van der Waals surface area contributed by atoms with Gasteiger partial charge >= 0.3 is 0 Å². The predicted molar refractivity (Wildman–Crippen MR) is 128 cm³/mol. The van der Waals surface area contributed by atoms with E-state index in [0.717, 1.165) is 38.8 Å². The van der Waals surface area contributed by atoms with E-state index < -0.39 is 0 Å². The number of fused-ring (bicyclic) bond motifs is 1. The topological polar surface area (TPSA) is 46.1 Å². The highest BCUT2D eigenvalue weighted by molar-refractivity contribution is 14.0. The second-order valence-electron chi connectivity index (χ2n) is 9.09. The molecule has 4 unspecified atom stereocenters. The molecule has 6 heteroatoms. The molecule has 1 aliphatic carbocycles. The zero-order valence-corrected chi connectivity index (χ0v) is 20.3. The summed E-state index contributed by atoms with van der Waals surface area (Å²) < 4.78 is 11.9. The summed E-state index contributed by atoms with van der Waals surface area (Å²) >= 11 is 0. The van der Waals surface area contributed by atoms with Crippen LogP contribution < -0.4 is 5.32 Å². The number of guanidine groups is 1. The third kappa shape index (κ3) is 4.90. The number of halogens is 1. The van der Waals surface area contributed by atoms with Gasteiger partial charge in [0.05, 0.1) is 19.3 Å². The average molecular weight is 513 g/mol. The van der Waals surface area contributed by atoms with Crippen LogP contribution in [0.15, 0.2) is 35.3 Å². The second kappa shape index (κ2) is 9.96. The van der Waals surface area contributed by atoms with E-state index in [1.165, 1.54) is 18.4 Å². The molecule has 1 N–H and O–H groups in total. The molecular weight excluding hydrogens is 477 g/mol. The van der Waals surface area contributed by atoms with Crippen LogP contribution in [0.2, 0.25) is 0 Å². The van der Waals surface area contributed by atoms with Crippen molar-refractivity contribution in [3.8, 4) is 0 Å². The van der Waals surface area contributed by atoms with E-state index in [4.69, 9.17) is 14.5 Å². The van der Waals surface area contributed by atoms with E-state index in [-0.39, 0.29) is 29.4 Å². The average Bonchev–Trinajstić information content (AvgIpc) is 3.34. The molecule has 162 valence electrons. The minimum absolute atomic E-state index is 0. The number of ether oxygens (including phenoxy) is 2. The summed E-state index contributed by atoms with van der Waals surface area (Å²) in [6, 6.07) is 10.9. The Hall–Kier alpha value is -0.860. The molecule has 0 amide bonds. The third-order valence-corrected chi connectivity index (χ3v) is 6.74. The van der Waals surface area contributed by atoms with Crippen molar-refractivity contribution in [1.82, 2.24) is 10.2 Å². The van der Waals surface area contributed by atoms with Gasteiger partial charge in [0.1, 0.15) is 0 Å². The molecule has 3 fully saturated rings. The Morgan fingerprint density at radius 3 is 2.83 bits per heavy atom. The highest BCUT2D eigenvalue weighted by atomic mass is 127. The van der Waals surface area contributed by atoms with E-state index in [1.54, 1.807) is 0 Å². The SMILES string of the molecule is CCN=C(NC1C2CCOC2C1(C)C)N1CCC(COCc2ccccc2)C1.I. The van der Waals surface area contributed by atoms with Crippen molar-refractivity contribution >= 4 is 29.9 Å². The smallest absolute Gasteiger partial charge is 0.194 e. The van der Waals surface area contributed by atoms with Gasteiger partial charge in [-0.15, -0.1) is 24.0 Å². The lowest BCUT2D eigenvalue weighted by atomic mass is 9.57. The van der Waals surface area contributed by atoms with Crippen LogP contribution in [0.3, 0.4) is 0 Å². The number of nitrogens with one attached hydrogen (secondary N) is 1. The van der Waals surface area contributed by atoms with Crippen molar-refractivity contribution in [2.45, 2.75) is 52.4 Å². The van der Waals surface area contributed by atoms with E-state index in [0.29, 0.717) is 30.6 Å². The lowest BCUT2D eigenvalue weighted by Gasteiger charge is -2.55. The van der Waals surface area contributed by atoms with Gasteiger partial charge in [0.15, 0.2) is 5.96 Å². The minimum Gasteiger partial charge on any atom is -0.377 e. The first-order valence-corrected chi connectivity index (χ1v) is 10.9. The number of aliphatic imine (C=N–C) groups is 1. The third-order valence-electron chi connectivity index (χ3n) is 6.74. The Kier molecular flexibility index (Phi) is 7.84. The van der Waals surface area contributed by atoms with Crippen molar-refractivity contribution < 1.29 is 9.47 Å². The van der Waals surface area contributed by atoms with Crippen LogP contribution >= 0.6 is 24.0 Å². The summed E-state index contributed by atoms with van der Waals surface area (Å²) in [7, 11) is 0. The summed E-state index contributed by atoms with van der Waals surface area (Å²) in [6.45, 7) is 12.1. The monoisotopic (exact) mass is 513 g/mol. The number of rotatable bonds is 6. The second-order valence-corrected chi connectivity index (χ2v) is 9.09. The standard InChI is InChI=1S/C23H35N3O2.HI/c1-4-24-22(25-20-19-11-13-28-21(19)23(20,2)3)26-12-10-18(14-26)16-27-15-17-8-6-5-7-9-17;/h5-9,18-21H,4,10-16H2,1-3H3,(H,24,25);1H. The van der Waals surface area contributed by atoms with Gasteiger partial charge in [-0.3, -0.25) is 4.99 Å². The molecule has 2 saturated heterocycles.